The highest BCUT2D eigenvalue weighted by Gasteiger charge is 2.43. The van der Waals surface area contributed by atoms with Crippen LogP contribution in [0.25, 0.3) is 0 Å². The number of benzene rings is 1. The summed E-state index contributed by atoms with van der Waals surface area (Å²) in [6.07, 6.45) is 4.84. The highest BCUT2D eigenvalue weighted by molar-refractivity contribution is 5.47. The van der Waals surface area contributed by atoms with E-state index < -0.39 is 11.5 Å². The molecule has 0 bridgehead atoms. The first kappa shape index (κ1) is 14.4. The van der Waals surface area contributed by atoms with Gasteiger partial charge in [0.05, 0.1) is 11.5 Å². The second-order valence-electron chi connectivity index (χ2n) is 7.11. The summed E-state index contributed by atoms with van der Waals surface area (Å²) in [7, 11) is 0. The first-order valence-corrected chi connectivity index (χ1v) is 7.88. The number of hydrogen-bond donors (Lipinski definition) is 1. The molecule has 3 rings (SSSR count). The average molecular weight is 285 g/mol. The van der Waals surface area contributed by atoms with Crippen LogP contribution in [0.2, 0.25) is 0 Å². The molecule has 0 saturated heterocycles. The summed E-state index contributed by atoms with van der Waals surface area (Å²) in [6.45, 7) is 4.12. The molecule has 1 fully saturated rings. The SMILES string of the molecule is CC1(C)Cc2cccc(C(O)C3(C#N)CCCCC3)c2O1. The number of rotatable bonds is 2. The van der Waals surface area contributed by atoms with Crippen molar-refractivity contribution in [2.45, 2.75) is 64.1 Å². The van der Waals surface area contributed by atoms with Crippen LogP contribution >= 0.6 is 0 Å². The number of aliphatic hydroxyl groups excluding tert-OH is 1. The van der Waals surface area contributed by atoms with Crippen LogP contribution in [0.3, 0.4) is 0 Å². The molecule has 1 aliphatic carbocycles. The van der Waals surface area contributed by atoms with Crippen LogP contribution in [-0.4, -0.2) is 10.7 Å². The molecule has 1 aromatic carbocycles. The van der Waals surface area contributed by atoms with Crippen LogP contribution in [0, 0.1) is 16.7 Å². The summed E-state index contributed by atoms with van der Waals surface area (Å²) in [4.78, 5) is 0. The standard InChI is InChI=1S/C18H23NO2/c1-17(2)11-13-7-6-8-14(15(13)21-17)16(20)18(12-19)9-4-3-5-10-18/h6-8,16,20H,3-5,9-11H2,1-2H3. The Morgan fingerprint density at radius 2 is 1.95 bits per heavy atom. The van der Waals surface area contributed by atoms with Crippen molar-refractivity contribution in [2.75, 3.05) is 0 Å². The van der Waals surface area contributed by atoms with Crippen molar-refractivity contribution >= 4 is 0 Å². The van der Waals surface area contributed by atoms with Crippen molar-refractivity contribution in [3.8, 4) is 11.8 Å². The van der Waals surface area contributed by atoms with E-state index in [1.165, 1.54) is 0 Å². The molecule has 1 unspecified atom stereocenters. The topological polar surface area (TPSA) is 53.2 Å². The highest BCUT2D eigenvalue weighted by Crippen LogP contribution is 2.50. The van der Waals surface area contributed by atoms with Crippen LogP contribution in [0.4, 0.5) is 0 Å². The Labute approximate surface area is 126 Å². The maximum atomic E-state index is 10.9. The van der Waals surface area contributed by atoms with Gasteiger partial charge in [-0.25, -0.2) is 0 Å². The third-order valence-corrected chi connectivity index (χ3v) is 4.91. The van der Waals surface area contributed by atoms with Gasteiger partial charge in [0.2, 0.25) is 0 Å². The molecule has 112 valence electrons. The molecule has 1 aliphatic heterocycles. The normalized spacial score (nSPS) is 23.7. The lowest BCUT2D eigenvalue weighted by Gasteiger charge is -2.35. The average Bonchev–Trinajstić information content (AvgIpc) is 2.80. The highest BCUT2D eigenvalue weighted by atomic mass is 16.5. The molecule has 3 heteroatoms. The lowest BCUT2D eigenvalue weighted by molar-refractivity contribution is 0.0316. The van der Waals surface area contributed by atoms with Crippen LogP contribution in [0.1, 0.15) is 63.2 Å². The number of fused-ring (bicyclic) bond motifs is 1. The molecule has 0 spiro atoms. The van der Waals surface area contributed by atoms with E-state index in [1.807, 2.05) is 12.1 Å². The van der Waals surface area contributed by atoms with Gasteiger partial charge in [-0.15, -0.1) is 0 Å². The molecule has 21 heavy (non-hydrogen) atoms. The van der Waals surface area contributed by atoms with Crippen molar-refractivity contribution in [3.05, 3.63) is 29.3 Å². The maximum Gasteiger partial charge on any atom is 0.129 e. The number of nitriles is 1. The van der Waals surface area contributed by atoms with E-state index in [9.17, 15) is 10.4 Å². The van der Waals surface area contributed by atoms with Crippen LogP contribution in [-0.2, 0) is 6.42 Å². The molecule has 0 amide bonds. The van der Waals surface area contributed by atoms with Crippen LogP contribution in [0.5, 0.6) is 5.75 Å². The zero-order valence-electron chi connectivity index (χ0n) is 12.9. The Balaban J connectivity index is 1.98. The van der Waals surface area contributed by atoms with E-state index in [4.69, 9.17) is 4.74 Å². The van der Waals surface area contributed by atoms with Gasteiger partial charge in [0.15, 0.2) is 0 Å². The molecule has 1 heterocycles. The van der Waals surface area contributed by atoms with E-state index in [-0.39, 0.29) is 5.60 Å². The quantitative estimate of drug-likeness (QED) is 0.896. The molecule has 2 aliphatic rings. The third kappa shape index (κ3) is 2.42. The zero-order valence-corrected chi connectivity index (χ0v) is 12.9. The Bertz CT molecular complexity index is 579. The summed E-state index contributed by atoms with van der Waals surface area (Å²) in [5.74, 6) is 0.801. The zero-order chi connectivity index (χ0) is 15.1. The summed E-state index contributed by atoms with van der Waals surface area (Å²) in [5, 5.41) is 20.6. The van der Waals surface area contributed by atoms with E-state index in [0.29, 0.717) is 0 Å². The first-order chi connectivity index (χ1) is 9.97. The maximum absolute atomic E-state index is 10.9. The molecule has 1 aromatic rings. The fourth-order valence-corrected chi connectivity index (χ4v) is 3.78. The van der Waals surface area contributed by atoms with Crippen LogP contribution < -0.4 is 4.74 Å². The first-order valence-electron chi connectivity index (χ1n) is 7.88. The van der Waals surface area contributed by atoms with Gasteiger partial charge < -0.3 is 9.84 Å². The summed E-state index contributed by atoms with van der Waals surface area (Å²) < 4.78 is 6.06. The number of nitrogens with zero attached hydrogens (tertiary/aromatic N) is 1. The molecule has 0 aromatic heterocycles. The van der Waals surface area contributed by atoms with Gasteiger partial charge in [0.1, 0.15) is 17.5 Å². The predicted octanol–water partition coefficient (Wildman–Crippen LogP) is 3.91. The minimum atomic E-state index is -0.758. The second kappa shape index (κ2) is 5.03. The van der Waals surface area contributed by atoms with Gasteiger partial charge in [-0.1, -0.05) is 37.5 Å². The van der Waals surface area contributed by atoms with Gasteiger partial charge in [-0.05, 0) is 32.3 Å². The Morgan fingerprint density at radius 1 is 1.24 bits per heavy atom. The number of hydrogen-bond acceptors (Lipinski definition) is 3. The largest absolute Gasteiger partial charge is 0.487 e. The molecular formula is C18H23NO2. The van der Waals surface area contributed by atoms with E-state index in [0.717, 1.165) is 55.4 Å². The van der Waals surface area contributed by atoms with Crippen LogP contribution in [0.15, 0.2) is 18.2 Å². The summed E-state index contributed by atoms with van der Waals surface area (Å²) in [5.41, 5.74) is 1.05. The molecule has 3 nitrogen and oxygen atoms in total. The third-order valence-electron chi connectivity index (χ3n) is 4.91. The van der Waals surface area contributed by atoms with Gasteiger partial charge in [-0.3, -0.25) is 0 Å². The number of ether oxygens (including phenoxy) is 1. The molecule has 0 radical (unpaired) electrons. The summed E-state index contributed by atoms with van der Waals surface area (Å²) >= 11 is 0. The van der Waals surface area contributed by atoms with Gasteiger partial charge in [0, 0.05) is 12.0 Å². The molecule has 1 saturated carbocycles. The molecule has 1 atom stereocenters. The van der Waals surface area contributed by atoms with E-state index >= 15 is 0 Å². The predicted molar refractivity (Wildman–Crippen MR) is 80.9 cm³/mol. The van der Waals surface area contributed by atoms with Gasteiger partial charge in [0.25, 0.3) is 0 Å². The summed E-state index contributed by atoms with van der Waals surface area (Å²) in [6, 6.07) is 8.36. The van der Waals surface area contributed by atoms with Crippen molar-refractivity contribution in [3.63, 3.8) is 0 Å². The van der Waals surface area contributed by atoms with E-state index in [2.05, 4.69) is 26.0 Å². The second-order valence-corrected chi connectivity index (χ2v) is 7.11. The van der Waals surface area contributed by atoms with Gasteiger partial charge >= 0.3 is 0 Å². The van der Waals surface area contributed by atoms with Crippen molar-refractivity contribution in [2.24, 2.45) is 5.41 Å². The minimum absolute atomic E-state index is 0.232. The fourth-order valence-electron chi connectivity index (χ4n) is 3.78. The fraction of sp³-hybridized carbons (Fsp3) is 0.611. The van der Waals surface area contributed by atoms with Crippen molar-refractivity contribution in [1.82, 2.24) is 0 Å². The lowest BCUT2D eigenvalue weighted by Crippen LogP contribution is -2.30. The monoisotopic (exact) mass is 285 g/mol. The smallest absolute Gasteiger partial charge is 0.129 e. The van der Waals surface area contributed by atoms with Gasteiger partial charge in [-0.2, -0.15) is 5.26 Å². The lowest BCUT2D eigenvalue weighted by atomic mass is 9.69. The number of aliphatic hydroxyl groups is 1. The molecule has 1 N–H and O–H groups in total. The molecular weight excluding hydrogens is 262 g/mol. The Morgan fingerprint density at radius 3 is 2.62 bits per heavy atom. The van der Waals surface area contributed by atoms with E-state index in [1.54, 1.807) is 0 Å². The Hall–Kier alpha value is -1.53. The number of para-hydroxylation sites is 1. The minimum Gasteiger partial charge on any atom is -0.487 e. The van der Waals surface area contributed by atoms with Crippen molar-refractivity contribution in [1.29, 1.82) is 5.26 Å². The van der Waals surface area contributed by atoms with Crippen molar-refractivity contribution < 1.29 is 9.84 Å². The Kier molecular flexibility index (Phi) is 3.45.